The summed E-state index contributed by atoms with van der Waals surface area (Å²) in [5.74, 6) is -1.73. The highest BCUT2D eigenvalue weighted by Crippen LogP contribution is 2.32. The second-order valence-electron chi connectivity index (χ2n) is 5.85. The van der Waals surface area contributed by atoms with E-state index in [0.29, 0.717) is 18.7 Å². The van der Waals surface area contributed by atoms with Gasteiger partial charge in [0.1, 0.15) is 5.92 Å². The molecule has 1 aliphatic rings. The average molecular weight is 427 g/mol. The summed E-state index contributed by atoms with van der Waals surface area (Å²) < 4.78 is 38.5. The molecule has 1 heterocycles. The summed E-state index contributed by atoms with van der Waals surface area (Å²) in [6.07, 6.45) is -4.10. The zero-order valence-electron chi connectivity index (χ0n) is 13.4. The lowest BCUT2D eigenvalue weighted by Crippen LogP contribution is -2.33. The summed E-state index contributed by atoms with van der Waals surface area (Å²) in [4.78, 5) is 26.5. The molecule has 26 heavy (non-hydrogen) atoms. The third kappa shape index (κ3) is 3.75. The fraction of sp³-hybridized carbons (Fsp3) is 0.222. The summed E-state index contributed by atoms with van der Waals surface area (Å²) >= 11 is 3.38. The van der Waals surface area contributed by atoms with Crippen LogP contribution in [0.2, 0.25) is 0 Å². The number of hydrogen-bond donors (Lipinski definition) is 1. The van der Waals surface area contributed by atoms with Crippen molar-refractivity contribution in [3.63, 3.8) is 0 Å². The van der Waals surface area contributed by atoms with Crippen LogP contribution in [0.15, 0.2) is 53.0 Å². The van der Waals surface area contributed by atoms with Gasteiger partial charge >= 0.3 is 6.18 Å². The summed E-state index contributed by atoms with van der Waals surface area (Å²) in [6, 6.07) is 11.3. The monoisotopic (exact) mass is 426 g/mol. The van der Waals surface area contributed by atoms with Crippen LogP contribution in [0.5, 0.6) is 0 Å². The molecular weight excluding hydrogens is 413 g/mol. The first-order valence-electron chi connectivity index (χ1n) is 7.81. The largest absolute Gasteiger partial charge is 0.416 e. The van der Waals surface area contributed by atoms with Gasteiger partial charge in [0.15, 0.2) is 0 Å². The Morgan fingerprint density at radius 3 is 2.38 bits per heavy atom. The molecule has 8 heteroatoms. The Hall–Kier alpha value is -2.35. The number of amides is 2. The van der Waals surface area contributed by atoms with Gasteiger partial charge in [-0.1, -0.05) is 12.1 Å². The summed E-state index contributed by atoms with van der Waals surface area (Å²) in [5, 5.41) is 2.51. The van der Waals surface area contributed by atoms with Crippen molar-refractivity contribution in [2.24, 2.45) is 5.92 Å². The van der Waals surface area contributed by atoms with Gasteiger partial charge in [-0.3, -0.25) is 9.59 Å². The number of carbonyl (C=O) groups is 2. The minimum Gasteiger partial charge on any atom is -0.325 e. The van der Waals surface area contributed by atoms with E-state index in [2.05, 4.69) is 21.2 Å². The maximum absolute atomic E-state index is 12.6. The Labute approximate surface area is 156 Å². The number of nitrogens with zero attached hydrogens (tertiary/aromatic N) is 1. The summed E-state index contributed by atoms with van der Waals surface area (Å²) in [7, 11) is 0. The summed E-state index contributed by atoms with van der Waals surface area (Å²) in [6.45, 7) is 0.395. The smallest absolute Gasteiger partial charge is 0.325 e. The minimum absolute atomic E-state index is 0.218. The predicted octanol–water partition coefficient (Wildman–Crippen LogP) is 4.46. The lowest BCUT2D eigenvalue weighted by atomic mass is 10.1. The van der Waals surface area contributed by atoms with E-state index in [1.807, 2.05) is 6.07 Å². The van der Waals surface area contributed by atoms with Crippen molar-refractivity contribution in [2.45, 2.75) is 12.6 Å². The molecule has 1 aliphatic heterocycles. The van der Waals surface area contributed by atoms with E-state index in [0.717, 1.165) is 16.6 Å². The Bertz CT molecular complexity index is 837. The second kappa shape index (κ2) is 7.11. The molecule has 0 spiro atoms. The van der Waals surface area contributed by atoms with Crippen LogP contribution in [0.25, 0.3) is 0 Å². The number of nitrogens with one attached hydrogen (secondary N) is 1. The van der Waals surface area contributed by atoms with Crippen LogP contribution in [0.1, 0.15) is 12.0 Å². The molecule has 2 amide bonds. The van der Waals surface area contributed by atoms with Crippen LogP contribution < -0.4 is 10.2 Å². The number of alkyl halides is 3. The highest BCUT2D eigenvalue weighted by Gasteiger charge is 2.38. The first kappa shape index (κ1) is 18.4. The van der Waals surface area contributed by atoms with Crippen molar-refractivity contribution in [1.29, 1.82) is 0 Å². The van der Waals surface area contributed by atoms with Gasteiger partial charge in [0.2, 0.25) is 11.8 Å². The Kier molecular flexibility index (Phi) is 5.04. The molecule has 136 valence electrons. The average Bonchev–Trinajstić information content (AvgIpc) is 2.96. The molecule has 2 aromatic carbocycles. The topological polar surface area (TPSA) is 49.4 Å². The van der Waals surface area contributed by atoms with Crippen LogP contribution in [0.3, 0.4) is 0 Å². The molecule has 0 unspecified atom stereocenters. The van der Waals surface area contributed by atoms with Gasteiger partial charge in [0, 0.05) is 16.7 Å². The van der Waals surface area contributed by atoms with Gasteiger partial charge in [-0.2, -0.15) is 13.2 Å². The first-order valence-corrected chi connectivity index (χ1v) is 8.60. The third-order valence-electron chi connectivity index (χ3n) is 4.15. The van der Waals surface area contributed by atoms with Crippen LogP contribution in [0, 0.1) is 5.92 Å². The van der Waals surface area contributed by atoms with Gasteiger partial charge in [-0.15, -0.1) is 0 Å². The molecule has 4 nitrogen and oxygen atoms in total. The normalized spacial score (nSPS) is 17.5. The zero-order valence-corrected chi connectivity index (χ0v) is 15.0. The molecule has 1 atom stereocenters. The van der Waals surface area contributed by atoms with Gasteiger partial charge in [-0.05, 0) is 58.7 Å². The predicted molar refractivity (Wildman–Crippen MR) is 94.7 cm³/mol. The van der Waals surface area contributed by atoms with Gasteiger partial charge in [0.25, 0.3) is 0 Å². The van der Waals surface area contributed by atoms with Crippen LogP contribution >= 0.6 is 15.9 Å². The lowest BCUT2D eigenvalue weighted by Gasteiger charge is -2.18. The van der Waals surface area contributed by atoms with Crippen molar-refractivity contribution in [3.05, 3.63) is 58.6 Å². The molecule has 0 aromatic heterocycles. The van der Waals surface area contributed by atoms with Crippen molar-refractivity contribution in [2.75, 3.05) is 16.8 Å². The standard InChI is InChI=1S/C18H14BrF3N2O2/c19-14-3-1-2-4-15(14)24-10-9-13(17(24)26)16(25)23-12-7-5-11(6-8-12)18(20,21)22/h1-8,13H,9-10H2,(H,23,25)/t13-/m1/s1. The van der Waals surface area contributed by atoms with E-state index in [1.54, 1.807) is 18.2 Å². The quantitative estimate of drug-likeness (QED) is 0.736. The molecule has 3 rings (SSSR count). The van der Waals surface area contributed by atoms with Gasteiger partial charge < -0.3 is 10.2 Å². The molecular formula is C18H14BrF3N2O2. The minimum atomic E-state index is -4.44. The number of halogens is 4. The van der Waals surface area contributed by atoms with E-state index in [1.165, 1.54) is 17.0 Å². The molecule has 0 saturated carbocycles. The molecule has 1 saturated heterocycles. The van der Waals surface area contributed by atoms with Crippen LogP contribution in [0.4, 0.5) is 24.5 Å². The van der Waals surface area contributed by atoms with E-state index in [-0.39, 0.29) is 11.6 Å². The van der Waals surface area contributed by atoms with E-state index in [4.69, 9.17) is 0 Å². The Balaban J connectivity index is 1.69. The van der Waals surface area contributed by atoms with Crippen molar-refractivity contribution in [1.82, 2.24) is 0 Å². The molecule has 1 fully saturated rings. The SMILES string of the molecule is O=C(Nc1ccc(C(F)(F)F)cc1)[C@H]1CCN(c2ccccc2Br)C1=O. The number of anilines is 2. The zero-order chi connectivity index (χ0) is 18.9. The second-order valence-corrected chi connectivity index (χ2v) is 6.70. The number of hydrogen-bond acceptors (Lipinski definition) is 2. The number of rotatable bonds is 3. The Morgan fingerprint density at radius 2 is 1.77 bits per heavy atom. The fourth-order valence-corrected chi connectivity index (χ4v) is 3.30. The van der Waals surface area contributed by atoms with E-state index < -0.39 is 23.6 Å². The maximum atomic E-state index is 12.6. The van der Waals surface area contributed by atoms with Crippen molar-refractivity contribution >= 4 is 39.1 Å². The first-order chi connectivity index (χ1) is 12.3. The van der Waals surface area contributed by atoms with Crippen molar-refractivity contribution in [3.8, 4) is 0 Å². The Morgan fingerprint density at radius 1 is 1.12 bits per heavy atom. The number of carbonyl (C=O) groups excluding carboxylic acids is 2. The molecule has 2 aromatic rings. The lowest BCUT2D eigenvalue weighted by molar-refractivity contribution is -0.137. The van der Waals surface area contributed by atoms with E-state index in [9.17, 15) is 22.8 Å². The molecule has 1 N–H and O–H groups in total. The van der Waals surface area contributed by atoms with Crippen LogP contribution in [-0.2, 0) is 15.8 Å². The van der Waals surface area contributed by atoms with Crippen LogP contribution in [-0.4, -0.2) is 18.4 Å². The maximum Gasteiger partial charge on any atom is 0.416 e. The third-order valence-corrected chi connectivity index (χ3v) is 4.82. The van der Waals surface area contributed by atoms with Gasteiger partial charge in [-0.25, -0.2) is 0 Å². The number of para-hydroxylation sites is 1. The molecule has 0 bridgehead atoms. The van der Waals surface area contributed by atoms with Crippen molar-refractivity contribution < 1.29 is 22.8 Å². The molecule has 0 radical (unpaired) electrons. The highest BCUT2D eigenvalue weighted by atomic mass is 79.9. The fourth-order valence-electron chi connectivity index (χ4n) is 2.80. The number of benzene rings is 2. The van der Waals surface area contributed by atoms with Gasteiger partial charge in [0.05, 0.1) is 11.3 Å². The highest BCUT2D eigenvalue weighted by molar-refractivity contribution is 9.10. The molecule has 0 aliphatic carbocycles. The summed E-state index contributed by atoms with van der Waals surface area (Å²) in [5.41, 5.74) is 0.102. The van der Waals surface area contributed by atoms with E-state index >= 15 is 0 Å².